The predicted octanol–water partition coefficient (Wildman–Crippen LogP) is 5.90. The van der Waals surface area contributed by atoms with E-state index in [1.807, 2.05) is 19.1 Å². The molecule has 44 heavy (non-hydrogen) atoms. The van der Waals surface area contributed by atoms with Crippen molar-refractivity contribution in [3.63, 3.8) is 0 Å². The summed E-state index contributed by atoms with van der Waals surface area (Å²) in [4.78, 5) is 42.8. The normalized spacial score (nSPS) is 22.1. The van der Waals surface area contributed by atoms with Crippen LogP contribution in [-0.2, 0) is 34.7 Å². The first-order valence-corrected chi connectivity index (χ1v) is 17.5. The lowest BCUT2D eigenvalue weighted by Crippen LogP contribution is -2.43. The molecule has 0 saturated heterocycles. The van der Waals surface area contributed by atoms with E-state index in [-0.39, 0.29) is 35.3 Å². The minimum Gasteiger partial charge on any atom is -0.507 e. The maximum Gasteiger partial charge on any atom is 0.342 e. The third-order valence-corrected chi connectivity index (χ3v) is 11.9. The number of carbonyl (C=O) groups is 3. The van der Waals surface area contributed by atoms with Crippen molar-refractivity contribution < 1.29 is 38.2 Å². The summed E-state index contributed by atoms with van der Waals surface area (Å²) in [6, 6.07) is 4.84. The molecule has 11 heteroatoms. The van der Waals surface area contributed by atoms with Gasteiger partial charge in [-0.25, -0.2) is 4.79 Å². The molecule has 1 aromatic carbocycles. The zero-order chi connectivity index (χ0) is 32.9. The number of phenols is 1. The molecule has 1 aliphatic rings. The van der Waals surface area contributed by atoms with E-state index in [0.29, 0.717) is 12.0 Å². The van der Waals surface area contributed by atoms with Crippen LogP contribution in [0, 0.1) is 0 Å². The van der Waals surface area contributed by atoms with Crippen LogP contribution < -0.4 is 5.32 Å². The molecule has 0 spiro atoms. The number of benzene rings is 1. The lowest BCUT2D eigenvalue weighted by molar-refractivity contribution is -0.148. The number of cyclic esters (lactones) is 2. The van der Waals surface area contributed by atoms with Crippen molar-refractivity contribution in [3.05, 3.63) is 77.6 Å². The fraction of sp³-hybridized carbons (Fsp3) is 0.455. The predicted molar refractivity (Wildman–Crippen MR) is 173 cm³/mol. The molecular weight excluding hydrogens is 580 g/mol. The van der Waals surface area contributed by atoms with Gasteiger partial charge in [0.2, 0.25) is 5.91 Å². The van der Waals surface area contributed by atoms with Crippen LogP contribution in [0.3, 0.4) is 0 Å². The smallest absolute Gasteiger partial charge is 0.342 e. The highest BCUT2D eigenvalue weighted by atomic mass is 28.4. The van der Waals surface area contributed by atoms with Crippen LogP contribution >= 0.6 is 0 Å². The van der Waals surface area contributed by atoms with Crippen molar-refractivity contribution in [2.45, 2.75) is 90.3 Å². The number of hydrogen-bond donors (Lipinski definition) is 2. The number of nitrogens with one attached hydrogen (secondary N) is 1. The molecule has 2 N–H and O–H groups in total. The second kappa shape index (κ2) is 16.8. The van der Waals surface area contributed by atoms with Crippen LogP contribution in [0.2, 0.25) is 18.1 Å². The molecule has 1 amide bonds. The molecule has 10 nitrogen and oxygen atoms in total. The second-order valence-electron chi connectivity index (χ2n) is 12.0. The Bertz CT molecular complexity index is 1310. The number of hydrogen-bond acceptors (Lipinski definition) is 9. The van der Waals surface area contributed by atoms with E-state index in [2.05, 4.69) is 49.2 Å². The van der Waals surface area contributed by atoms with E-state index < -0.39 is 38.4 Å². The largest absolute Gasteiger partial charge is 0.507 e. The average Bonchev–Trinajstić information content (AvgIpc) is 2.93. The van der Waals surface area contributed by atoms with Crippen LogP contribution in [0.15, 0.2) is 71.6 Å². The Kier molecular flexibility index (Phi) is 13.8. The molecule has 0 unspecified atom stereocenters. The van der Waals surface area contributed by atoms with E-state index in [1.54, 1.807) is 31.2 Å². The number of rotatable bonds is 8. The van der Waals surface area contributed by atoms with Gasteiger partial charge in [0.25, 0.3) is 0 Å². The SMILES string of the molecule is CO/N=C/C=C/C(=O)N/C=C/C[C@H]1CC(=O)O[C@@H](C)C=C[C@@H](O[Si](C)(C)C(C)(C)C)/C(C)=C\Cc2cccc(O)c2C(=O)O1. The molecule has 1 heterocycles. The van der Waals surface area contributed by atoms with Crippen LogP contribution in [-0.4, -0.2) is 62.9 Å². The summed E-state index contributed by atoms with van der Waals surface area (Å²) < 4.78 is 18.1. The maximum absolute atomic E-state index is 13.4. The number of phenolic OH excluding ortho intramolecular Hbond substituents is 1. The number of carbonyl (C=O) groups excluding carboxylic acids is 3. The fourth-order valence-electron chi connectivity index (χ4n) is 3.91. The first-order chi connectivity index (χ1) is 20.6. The summed E-state index contributed by atoms with van der Waals surface area (Å²) in [7, 11) is -0.794. The van der Waals surface area contributed by atoms with Gasteiger partial charge < -0.3 is 29.2 Å². The summed E-state index contributed by atoms with van der Waals surface area (Å²) >= 11 is 0. The maximum atomic E-state index is 13.4. The Morgan fingerprint density at radius 3 is 2.61 bits per heavy atom. The second-order valence-corrected chi connectivity index (χ2v) is 16.8. The number of oxime groups is 1. The molecule has 2 rings (SSSR count). The molecule has 0 aliphatic carbocycles. The van der Waals surface area contributed by atoms with Gasteiger partial charge in [-0.3, -0.25) is 9.59 Å². The van der Waals surface area contributed by atoms with E-state index in [4.69, 9.17) is 13.9 Å². The van der Waals surface area contributed by atoms with Gasteiger partial charge in [-0.1, -0.05) is 56.3 Å². The Balaban J connectivity index is 2.38. The summed E-state index contributed by atoms with van der Waals surface area (Å²) in [6.07, 6.45) is 11.0. The number of allylic oxidation sites excluding steroid dienone is 2. The highest BCUT2D eigenvalue weighted by Gasteiger charge is 2.39. The average molecular weight is 627 g/mol. The lowest BCUT2D eigenvalue weighted by Gasteiger charge is -2.39. The van der Waals surface area contributed by atoms with Gasteiger partial charge in [-0.15, -0.1) is 0 Å². The van der Waals surface area contributed by atoms with E-state index >= 15 is 0 Å². The molecule has 0 bridgehead atoms. The van der Waals surface area contributed by atoms with Crippen molar-refractivity contribution >= 4 is 32.4 Å². The molecule has 0 aromatic heterocycles. The van der Waals surface area contributed by atoms with E-state index in [1.165, 1.54) is 37.7 Å². The number of aromatic hydroxyl groups is 1. The number of amides is 1. The summed E-state index contributed by atoms with van der Waals surface area (Å²) in [5.74, 6) is -1.98. The van der Waals surface area contributed by atoms with Gasteiger partial charge in [0.15, 0.2) is 8.32 Å². The summed E-state index contributed by atoms with van der Waals surface area (Å²) in [5.41, 5.74) is 1.52. The minimum atomic E-state index is -2.18. The zero-order valence-corrected chi connectivity index (χ0v) is 28.0. The van der Waals surface area contributed by atoms with Crippen molar-refractivity contribution in [2.75, 3.05) is 7.11 Å². The van der Waals surface area contributed by atoms with Crippen molar-refractivity contribution in [1.82, 2.24) is 5.32 Å². The van der Waals surface area contributed by atoms with Gasteiger partial charge in [-0.2, -0.15) is 0 Å². The van der Waals surface area contributed by atoms with Gasteiger partial charge in [0.1, 0.15) is 30.6 Å². The topological polar surface area (TPSA) is 133 Å². The highest BCUT2D eigenvalue weighted by Crippen LogP contribution is 2.38. The lowest BCUT2D eigenvalue weighted by atomic mass is 10.0. The zero-order valence-electron chi connectivity index (χ0n) is 27.0. The van der Waals surface area contributed by atoms with Crippen LogP contribution in [0.25, 0.3) is 0 Å². The molecule has 1 aliphatic heterocycles. The molecule has 0 fully saturated rings. The van der Waals surface area contributed by atoms with Crippen LogP contribution in [0.4, 0.5) is 0 Å². The Morgan fingerprint density at radius 1 is 1.20 bits per heavy atom. The number of fused-ring (bicyclic) bond motifs is 1. The number of esters is 2. The van der Waals surface area contributed by atoms with Gasteiger partial charge in [-0.05, 0) is 67.8 Å². The van der Waals surface area contributed by atoms with Gasteiger partial charge in [0.05, 0.1) is 18.7 Å². The van der Waals surface area contributed by atoms with Crippen LogP contribution in [0.1, 0.15) is 63.4 Å². The first kappa shape index (κ1) is 36.2. The third kappa shape index (κ3) is 11.6. The number of ether oxygens (including phenoxy) is 2. The molecule has 3 atom stereocenters. The van der Waals surface area contributed by atoms with Gasteiger partial charge >= 0.3 is 11.9 Å². The minimum absolute atomic E-state index is 0.0238. The van der Waals surface area contributed by atoms with E-state index in [9.17, 15) is 19.5 Å². The Morgan fingerprint density at radius 2 is 1.93 bits per heavy atom. The van der Waals surface area contributed by atoms with Crippen molar-refractivity contribution in [1.29, 1.82) is 0 Å². The summed E-state index contributed by atoms with van der Waals surface area (Å²) in [5, 5.41) is 16.7. The monoisotopic (exact) mass is 626 g/mol. The Hall–Kier alpha value is -3.96. The molecular formula is C33H46N2O8Si. The van der Waals surface area contributed by atoms with Crippen molar-refractivity contribution in [2.24, 2.45) is 5.16 Å². The van der Waals surface area contributed by atoms with Crippen LogP contribution in [0.5, 0.6) is 5.75 Å². The fourth-order valence-corrected chi connectivity index (χ4v) is 5.17. The molecule has 240 valence electrons. The summed E-state index contributed by atoms with van der Waals surface area (Å²) in [6.45, 7) is 14.6. The first-order valence-electron chi connectivity index (χ1n) is 14.6. The highest BCUT2D eigenvalue weighted by molar-refractivity contribution is 6.74. The Labute approximate surface area is 261 Å². The standard InChI is InChI=1S/C33H46N2O8Si/c1-23-16-18-25-12-9-14-27(36)31(25)32(39)42-26(13-10-20-34-29(37)15-11-21-35-40-6)22-30(38)41-24(2)17-19-28(23)43-44(7,8)33(3,4)5/h9-12,14-17,19-21,24,26,28,36H,13,18,22H2,1-8H3,(H,34,37)/b15-11+,19-17?,20-10+,23-16-,35-21+/t24-,26-,28+/m0/s1. The number of nitrogens with zero attached hydrogens (tertiary/aromatic N) is 1. The third-order valence-electron chi connectivity index (χ3n) is 7.44. The van der Waals surface area contributed by atoms with E-state index in [0.717, 1.165) is 5.57 Å². The van der Waals surface area contributed by atoms with Crippen molar-refractivity contribution in [3.8, 4) is 5.75 Å². The molecule has 0 radical (unpaired) electrons. The quantitative estimate of drug-likeness (QED) is 0.0911. The van der Waals surface area contributed by atoms with Gasteiger partial charge in [0, 0.05) is 18.7 Å². The molecule has 0 saturated carbocycles. The molecule has 1 aromatic rings.